The average Bonchev–Trinajstić information content (AvgIpc) is 2.85. The fourth-order valence-corrected chi connectivity index (χ4v) is 3.59. The van der Waals surface area contributed by atoms with Crippen LogP contribution in [0.1, 0.15) is 62.9 Å². The second-order valence-electron chi connectivity index (χ2n) is 8.99. The molecule has 6 heteroatoms. The summed E-state index contributed by atoms with van der Waals surface area (Å²) in [6.07, 6.45) is 0.948. The van der Waals surface area contributed by atoms with Crippen molar-refractivity contribution in [3.63, 3.8) is 0 Å². The second-order valence-corrected chi connectivity index (χ2v) is 9.39. The molecule has 0 aliphatic heterocycles. The normalized spacial score (nSPS) is 12.0. The molecule has 0 fully saturated rings. The Morgan fingerprint density at radius 3 is 2.00 bits per heavy atom. The number of Topliss-reactive ketones (excluding diaryl/α,β-unsaturated/α-hetero) is 1. The number of carbonyl (C=O) groups excluding carboxylic acids is 2. The van der Waals surface area contributed by atoms with E-state index in [1.165, 1.54) is 5.56 Å². The van der Waals surface area contributed by atoms with E-state index in [4.69, 9.17) is 21.1 Å². The monoisotopic (exact) mass is 493 g/mol. The molecule has 0 heterocycles. The van der Waals surface area contributed by atoms with Crippen LogP contribution in [0.25, 0.3) is 0 Å². The number of benzene rings is 3. The molecule has 3 aromatic rings. The van der Waals surface area contributed by atoms with Crippen molar-refractivity contribution in [1.29, 1.82) is 0 Å². The first-order chi connectivity index (χ1) is 16.7. The molecule has 0 spiro atoms. The molecule has 35 heavy (non-hydrogen) atoms. The molecule has 0 aliphatic carbocycles. The van der Waals surface area contributed by atoms with Gasteiger partial charge < -0.3 is 14.8 Å². The van der Waals surface area contributed by atoms with Gasteiger partial charge in [0.25, 0.3) is 0 Å². The van der Waals surface area contributed by atoms with Gasteiger partial charge in [0, 0.05) is 12.0 Å². The minimum absolute atomic E-state index is 0.119. The van der Waals surface area contributed by atoms with E-state index in [-0.39, 0.29) is 17.6 Å². The molecule has 3 rings (SSSR count). The van der Waals surface area contributed by atoms with Crippen LogP contribution in [0, 0.1) is 0 Å². The molecule has 5 nitrogen and oxygen atoms in total. The van der Waals surface area contributed by atoms with Crippen LogP contribution < -0.4 is 14.8 Å². The fraction of sp³-hybridized carbons (Fsp3) is 0.310. The van der Waals surface area contributed by atoms with E-state index < -0.39 is 12.2 Å². The molecule has 1 amide bonds. The molecule has 3 aromatic carbocycles. The van der Waals surface area contributed by atoms with Crippen molar-refractivity contribution in [2.45, 2.75) is 58.7 Å². The molecule has 1 unspecified atom stereocenters. The number of ketones is 1. The summed E-state index contributed by atoms with van der Waals surface area (Å²) in [6.45, 7) is 8.61. The number of rotatable bonds is 11. The fourth-order valence-electron chi connectivity index (χ4n) is 3.41. The maximum atomic E-state index is 12.5. The molecule has 0 bridgehead atoms. The molecule has 0 saturated carbocycles. The predicted molar refractivity (Wildman–Crippen MR) is 141 cm³/mol. The molecule has 0 aromatic heterocycles. The number of amides is 1. The van der Waals surface area contributed by atoms with Crippen molar-refractivity contribution in [2.75, 3.05) is 5.32 Å². The first-order valence-corrected chi connectivity index (χ1v) is 12.2. The third kappa shape index (κ3) is 7.33. The van der Waals surface area contributed by atoms with Crippen molar-refractivity contribution < 1.29 is 19.1 Å². The van der Waals surface area contributed by atoms with Gasteiger partial charge in [-0.05, 0) is 65.9 Å². The Morgan fingerprint density at radius 1 is 0.886 bits per heavy atom. The summed E-state index contributed by atoms with van der Waals surface area (Å²) in [5, 5.41) is 3.08. The SMILES string of the molecule is CCC(Oc1ccc(C(=O)CC(=O)Nc2ccccc2Cl)cc1)Oc1ccc(C(C)(C)CC)cc1. The Labute approximate surface area is 212 Å². The van der Waals surface area contributed by atoms with Gasteiger partial charge in [0.2, 0.25) is 12.2 Å². The van der Waals surface area contributed by atoms with Gasteiger partial charge in [0.1, 0.15) is 11.5 Å². The van der Waals surface area contributed by atoms with Crippen LogP contribution in [-0.2, 0) is 10.2 Å². The van der Waals surface area contributed by atoms with Crippen LogP contribution >= 0.6 is 11.6 Å². The molecule has 0 saturated heterocycles. The molecule has 1 N–H and O–H groups in total. The number of para-hydroxylation sites is 1. The van der Waals surface area contributed by atoms with Crippen molar-refractivity contribution in [1.82, 2.24) is 0 Å². The minimum Gasteiger partial charge on any atom is -0.455 e. The van der Waals surface area contributed by atoms with E-state index in [2.05, 4.69) is 38.2 Å². The average molecular weight is 494 g/mol. The van der Waals surface area contributed by atoms with E-state index in [0.717, 1.165) is 12.2 Å². The Bertz CT molecular complexity index is 1140. The number of hydrogen-bond donors (Lipinski definition) is 1. The number of anilines is 1. The lowest BCUT2D eigenvalue weighted by Gasteiger charge is -2.24. The lowest BCUT2D eigenvalue weighted by Crippen LogP contribution is -2.23. The van der Waals surface area contributed by atoms with Gasteiger partial charge in [-0.25, -0.2) is 0 Å². The summed E-state index contributed by atoms with van der Waals surface area (Å²) in [7, 11) is 0. The predicted octanol–water partition coefficient (Wildman–Crippen LogP) is 7.43. The quantitative estimate of drug-likeness (QED) is 0.171. The van der Waals surface area contributed by atoms with Gasteiger partial charge in [-0.3, -0.25) is 9.59 Å². The number of ether oxygens (including phenoxy) is 2. The minimum atomic E-state index is -0.469. The molecule has 0 aliphatic rings. The van der Waals surface area contributed by atoms with Crippen LogP contribution in [0.4, 0.5) is 5.69 Å². The summed E-state index contributed by atoms with van der Waals surface area (Å²) in [5.41, 5.74) is 2.29. The summed E-state index contributed by atoms with van der Waals surface area (Å²) in [5.74, 6) is 0.609. The summed E-state index contributed by atoms with van der Waals surface area (Å²) in [6, 6.07) is 21.7. The first-order valence-electron chi connectivity index (χ1n) is 11.8. The van der Waals surface area contributed by atoms with Gasteiger partial charge in [-0.1, -0.05) is 63.6 Å². The first kappa shape index (κ1) is 26.3. The van der Waals surface area contributed by atoms with Crippen LogP contribution in [0.5, 0.6) is 11.5 Å². The highest BCUT2D eigenvalue weighted by molar-refractivity contribution is 6.33. The zero-order chi connectivity index (χ0) is 25.4. The van der Waals surface area contributed by atoms with Crippen molar-refractivity contribution in [2.24, 2.45) is 0 Å². The Morgan fingerprint density at radius 2 is 1.46 bits per heavy atom. The van der Waals surface area contributed by atoms with E-state index in [1.807, 2.05) is 19.1 Å². The Balaban J connectivity index is 1.56. The summed E-state index contributed by atoms with van der Waals surface area (Å²) in [4.78, 5) is 24.8. The van der Waals surface area contributed by atoms with Crippen LogP contribution in [0.3, 0.4) is 0 Å². The number of nitrogens with one attached hydrogen (secondary N) is 1. The van der Waals surface area contributed by atoms with E-state index in [9.17, 15) is 9.59 Å². The molecule has 184 valence electrons. The lowest BCUT2D eigenvalue weighted by molar-refractivity contribution is -0.115. The maximum absolute atomic E-state index is 12.5. The maximum Gasteiger partial charge on any atom is 0.240 e. The molecular weight excluding hydrogens is 462 g/mol. The van der Waals surface area contributed by atoms with E-state index in [1.54, 1.807) is 48.5 Å². The summed E-state index contributed by atoms with van der Waals surface area (Å²) >= 11 is 6.05. The highest BCUT2D eigenvalue weighted by Crippen LogP contribution is 2.29. The van der Waals surface area contributed by atoms with Crippen molar-refractivity contribution >= 4 is 29.0 Å². The van der Waals surface area contributed by atoms with Crippen LogP contribution in [-0.4, -0.2) is 18.0 Å². The highest BCUT2D eigenvalue weighted by atomic mass is 35.5. The Kier molecular flexibility index (Phi) is 8.94. The largest absolute Gasteiger partial charge is 0.455 e. The van der Waals surface area contributed by atoms with Crippen molar-refractivity contribution in [3.8, 4) is 11.5 Å². The number of halogens is 1. The highest BCUT2D eigenvalue weighted by Gasteiger charge is 2.18. The van der Waals surface area contributed by atoms with E-state index >= 15 is 0 Å². The zero-order valence-corrected chi connectivity index (χ0v) is 21.4. The van der Waals surface area contributed by atoms with Crippen molar-refractivity contribution in [3.05, 3.63) is 88.9 Å². The van der Waals surface area contributed by atoms with Crippen LogP contribution in [0.2, 0.25) is 5.02 Å². The van der Waals surface area contributed by atoms with Gasteiger partial charge in [0.05, 0.1) is 17.1 Å². The van der Waals surface area contributed by atoms with Gasteiger partial charge in [0.15, 0.2) is 5.78 Å². The van der Waals surface area contributed by atoms with Gasteiger partial charge in [-0.2, -0.15) is 0 Å². The lowest BCUT2D eigenvalue weighted by atomic mass is 9.82. The third-order valence-electron chi connectivity index (χ3n) is 6.03. The van der Waals surface area contributed by atoms with Crippen LogP contribution in [0.15, 0.2) is 72.8 Å². The zero-order valence-electron chi connectivity index (χ0n) is 20.6. The van der Waals surface area contributed by atoms with Gasteiger partial charge in [-0.15, -0.1) is 0 Å². The standard InChI is InChI=1S/C29H32ClNO4/c1-5-28(35-23-17-13-21(14-18-23)29(3,4)6-2)34-22-15-11-20(12-16-22)26(32)19-27(33)31-25-10-8-7-9-24(25)30/h7-18,28H,5-6,19H2,1-4H3,(H,31,33). The van der Waals surface area contributed by atoms with Gasteiger partial charge >= 0.3 is 0 Å². The number of hydrogen-bond acceptors (Lipinski definition) is 4. The number of carbonyl (C=O) groups is 2. The second kappa shape index (κ2) is 11.9. The molecular formula is C29H32ClNO4. The van der Waals surface area contributed by atoms with E-state index in [0.29, 0.717) is 28.4 Å². The summed E-state index contributed by atoms with van der Waals surface area (Å²) < 4.78 is 12.0. The Hall–Kier alpha value is -3.31. The third-order valence-corrected chi connectivity index (χ3v) is 6.36. The molecule has 1 atom stereocenters. The topological polar surface area (TPSA) is 64.6 Å². The smallest absolute Gasteiger partial charge is 0.240 e. The molecule has 0 radical (unpaired) electrons.